The van der Waals surface area contributed by atoms with Gasteiger partial charge in [-0.05, 0) is 55.2 Å². The molecule has 1 aromatic carbocycles. The number of hydrogen-bond acceptors (Lipinski definition) is 2. The van der Waals surface area contributed by atoms with Gasteiger partial charge in [0.25, 0.3) is 0 Å². The molecule has 1 aromatic rings. The summed E-state index contributed by atoms with van der Waals surface area (Å²) in [4.78, 5) is 0. The third-order valence-electron chi connectivity index (χ3n) is 4.59. The van der Waals surface area contributed by atoms with E-state index >= 15 is 0 Å². The molecule has 3 atom stereocenters. The van der Waals surface area contributed by atoms with Crippen LogP contribution in [0.3, 0.4) is 0 Å². The Kier molecular flexibility index (Phi) is 5.90. The number of rotatable bonds is 6. The Labute approximate surface area is 123 Å². The third kappa shape index (κ3) is 4.52. The van der Waals surface area contributed by atoms with Crippen LogP contribution in [0.1, 0.15) is 52.0 Å². The molecule has 1 aliphatic carbocycles. The van der Waals surface area contributed by atoms with Gasteiger partial charge in [0.05, 0.1) is 6.61 Å². The van der Waals surface area contributed by atoms with E-state index in [1.165, 1.54) is 24.8 Å². The topological polar surface area (TPSA) is 21.3 Å². The van der Waals surface area contributed by atoms with E-state index in [1.54, 1.807) is 0 Å². The van der Waals surface area contributed by atoms with Crippen LogP contribution in [-0.4, -0.2) is 12.6 Å². The Bertz CT molecular complexity index is 387. The lowest BCUT2D eigenvalue weighted by atomic mass is 9.79. The molecule has 1 saturated carbocycles. The predicted molar refractivity (Wildman–Crippen MR) is 85.0 cm³/mol. The van der Waals surface area contributed by atoms with Crippen LogP contribution in [0, 0.1) is 11.8 Å². The molecule has 1 aliphatic rings. The molecule has 112 valence electrons. The standard InChI is InChI=1S/C18H29NO/c1-4-11-20-18-9-6-16(7-10-18)13-19-17-8-5-14(2)15(3)12-17/h6-7,9-10,14-15,17,19H,4-5,8,11-13H2,1-3H3. The van der Waals surface area contributed by atoms with Crippen LogP contribution in [0.4, 0.5) is 0 Å². The lowest BCUT2D eigenvalue weighted by molar-refractivity contribution is 0.225. The molecule has 0 saturated heterocycles. The van der Waals surface area contributed by atoms with E-state index in [-0.39, 0.29) is 0 Å². The molecule has 3 unspecified atom stereocenters. The summed E-state index contributed by atoms with van der Waals surface area (Å²) in [7, 11) is 0. The van der Waals surface area contributed by atoms with E-state index in [2.05, 4.69) is 50.4 Å². The van der Waals surface area contributed by atoms with Crippen molar-refractivity contribution in [2.75, 3.05) is 6.61 Å². The monoisotopic (exact) mass is 275 g/mol. The first-order valence-electron chi connectivity index (χ1n) is 8.14. The van der Waals surface area contributed by atoms with Gasteiger partial charge in [-0.3, -0.25) is 0 Å². The van der Waals surface area contributed by atoms with Crippen LogP contribution >= 0.6 is 0 Å². The fraction of sp³-hybridized carbons (Fsp3) is 0.667. The quantitative estimate of drug-likeness (QED) is 0.831. The molecule has 2 heteroatoms. The Morgan fingerprint density at radius 3 is 2.50 bits per heavy atom. The zero-order valence-corrected chi connectivity index (χ0v) is 13.2. The molecule has 2 rings (SSSR count). The average Bonchev–Trinajstić information content (AvgIpc) is 2.47. The van der Waals surface area contributed by atoms with Gasteiger partial charge in [-0.25, -0.2) is 0 Å². The van der Waals surface area contributed by atoms with Gasteiger partial charge in [-0.2, -0.15) is 0 Å². The smallest absolute Gasteiger partial charge is 0.119 e. The van der Waals surface area contributed by atoms with Gasteiger partial charge in [0.2, 0.25) is 0 Å². The second kappa shape index (κ2) is 7.68. The van der Waals surface area contributed by atoms with Crippen molar-refractivity contribution < 1.29 is 4.74 Å². The second-order valence-corrected chi connectivity index (χ2v) is 6.34. The van der Waals surface area contributed by atoms with Crippen LogP contribution in [-0.2, 0) is 6.54 Å². The van der Waals surface area contributed by atoms with Crippen molar-refractivity contribution in [2.24, 2.45) is 11.8 Å². The van der Waals surface area contributed by atoms with Crippen LogP contribution in [0.25, 0.3) is 0 Å². The Hall–Kier alpha value is -1.02. The van der Waals surface area contributed by atoms with Gasteiger partial charge < -0.3 is 10.1 Å². The van der Waals surface area contributed by atoms with Gasteiger partial charge in [-0.15, -0.1) is 0 Å². The normalized spacial score (nSPS) is 26.4. The second-order valence-electron chi connectivity index (χ2n) is 6.34. The highest BCUT2D eigenvalue weighted by Gasteiger charge is 2.23. The summed E-state index contributed by atoms with van der Waals surface area (Å²) in [5.41, 5.74) is 1.35. The minimum Gasteiger partial charge on any atom is -0.494 e. The van der Waals surface area contributed by atoms with Crippen molar-refractivity contribution in [3.05, 3.63) is 29.8 Å². The number of benzene rings is 1. The van der Waals surface area contributed by atoms with E-state index in [4.69, 9.17) is 4.74 Å². The molecular weight excluding hydrogens is 246 g/mol. The van der Waals surface area contributed by atoms with Crippen molar-refractivity contribution in [3.8, 4) is 5.75 Å². The minimum atomic E-state index is 0.692. The molecule has 0 radical (unpaired) electrons. The van der Waals surface area contributed by atoms with Crippen LogP contribution in [0.2, 0.25) is 0 Å². The zero-order chi connectivity index (χ0) is 14.4. The van der Waals surface area contributed by atoms with Crippen molar-refractivity contribution >= 4 is 0 Å². The van der Waals surface area contributed by atoms with Gasteiger partial charge in [0, 0.05) is 12.6 Å². The van der Waals surface area contributed by atoms with Crippen LogP contribution in [0.5, 0.6) is 5.75 Å². The number of nitrogens with one attached hydrogen (secondary N) is 1. The van der Waals surface area contributed by atoms with E-state index in [9.17, 15) is 0 Å². The van der Waals surface area contributed by atoms with E-state index in [0.717, 1.165) is 37.2 Å². The molecule has 0 spiro atoms. The van der Waals surface area contributed by atoms with E-state index in [0.29, 0.717) is 6.04 Å². The molecule has 0 bridgehead atoms. The average molecular weight is 275 g/mol. The fourth-order valence-corrected chi connectivity index (χ4v) is 2.92. The molecule has 0 aliphatic heterocycles. The molecule has 0 heterocycles. The zero-order valence-electron chi connectivity index (χ0n) is 13.2. The highest BCUT2D eigenvalue weighted by molar-refractivity contribution is 5.27. The Balaban J connectivity index is 1.76. The Morgan fingerprint density at radius 2 is 1.85 bits per heavy atom. The molecule has 0 aromatic heterocycles. The number of ether oxygens (including phenoxy) is 1. The molecule has 2 nitrogen and oxygen atoms in total. The maximum atomic E-state index is 5.61. The summed E-state index contributed by atoms with van der Waals surface area (Å²) < 4.78 is 5.61. The highest BCUT2D eigenvalue weighted by Crippen LogP contribution is 2.29. The van der Waals surface area contributed by atoms with Gasteiger partial charge in [0.1, 0.15) is 5.75 Å². The maximum absolute atomic E-state index is 5.61. The molecule has 1 fully saturated rings. The van der Waals surface area contributed by atoms with Gasteiger partial charge in [-0.1, -0.05) is 32.9 Å². The number of hydrogen-bond donors (Lipinski definition) is 1. The summed E-state index contributed by atoms with van der Waals surface area (Å²) in [6.45, 7) is 8.67. The SMILES string of the molecule is CCCOc1ccc(CNC2CCC(C)C(C)C2)cc1. The van der Waals surface area contributed by atoms with Crippen molar-refractivity contribution in [2.45, 2.75) is 59.0 Å². The molecule has 20 heavy (non-hydrogen) atoms. The highest BCUT2D eigenvalue weighted by atomic mass is 16.5. The Morgan fingerprint density at radius 1 is 1.10 bits per heavy atom. The van der Waals surface area contributed by atoms with E-state index in [1.807, 2.05) is 0 Å². The summed E-state index contributed by atoms with van der Waals surface area (Å²) in [6.07, 6.45) is 5.06. The van der Waals surface area contributed by atoms with Gasteiger partial charge in [0.15, 0.2) is 0 Å². The summed E-state index contributed by atoms with van der Waals surface area (Å²) in [6, 6.07) is 9.20. The first-order valence-corrected chi connectivity index (χ1v) is 8.14. The maximum Gasteiger partial charge on any atom is 0.119 e. The molecule has 0 amide bonds. The molecule has 1 N–H and O–H groups in total. The molecular formula is C18H29NO. The third-order valence-corrected chi connectivity index (χ3v) is 4.59. The van der Waals surface area contributed by atoms with Crippen LogP contribution < -0.4 is 10.1 Å². The first-order chi connectivity index (χ1) is 9.69. The largest absolute Gasteiger partial charge is 0.494 e. The summed E-state index contributed by atoms with van der Waals surface area (Å²) >= 11 is 0. The van der Waals surface area contributed by atoms with Crippen molar-refractivity contribution in [1.82, 2.24) is 5.32 Å². The summed E-state index contributed by atoms with van der Waals surface area (Å²) in [5.74, 6) is 2.73. The lowest BCUT2D eigenvalue weighted by Gasteiger charge is -2.32. The van der Waals surface area contributed by atoms with Crippen LogP contribution in [0.15, 0.2) is 24.3 Å². The first kappa shape index (κ1) is 15.4. The van der Waals surface area contributed by atoms with Gasteiger partial charge >= 0.3 is 0 Å². The van der Waals surface area contributed by atoms with Crippen molar-refractivity contribution in [1.29, 1.82) is 0 Å². The van der Waals surface area contributed by atoms with Crippen molar-refractivity contribution in [3.63, 3.8) is 0 Å². The fourth-order valence-electron chi connectivity index (χ4n) is 2.92. The summed E-state index contributed by atoms with van der Waals surface area (Å²) in [5, 5.41) is 3.71. The predicted octanol–water partition coefficient (Wildman–Crippen LogP) is 4.39. The lowest BCUT2D eigenvalue weighted by Crippen LogP contribution is -2.35. The minimum absolute atomic E-state index is 0.692. The van der Waals surface area contributed by atoms with E-state index < -0.39 is 0 Å².